The summed E-state index contributed by atoms with van der Waals surface area (Å²) < 4.78 is 27.5. The van der Waals surface area contributed by atoms with Crippen molar-refractivity contribution in [2.75, 3.05) is 26.2 Å². The van der Waals surface area contributed by atoms with Crippen LogP contribution in [0.2, 0.25) is 0 Å². The lowest BCUT2D eigenvalue weighted by molar-refractivity contribution is -0.127. The van der Waals surface area contributed by atoms with Gasteiger partial charge < -0.3 is 10.2 Å². The molecule has 1 N–H and O–H groups in total. The van der Waals surface area contributed by atoms with Gasteiger partial charge in [0.25, 0.3) is 5.91 Å². The molecule has 1 saturated carbocycles. The SMILES string of the molecule is CCN(CC)S(=O)(=O)c1cc(C(=O)N2CCCC(C(=O)NC3CCCCC3)C2)ccc1C. The minimum Gasteiger partial charge on any atom is -0.353 e. The average molecular weight is 464 g/mol. The van der Waals surface area contributed by atoms with Gasteiger partial charge in [-0.25, -0.2) is 8.42 Å². The van der Waals surface area contributed by atoms with Gasteiger partial charge in [-0.2, -0.15) is 4.31 Å². The third-order valence-electron chi connectivity index (χ3n) is 6.79. The summed E-state index contributed by atoms with van der Waals surface area (Å²) in [4.78, 5) is 27.9. The number of carbonyl (C=O) groups is 2. The largest absolute Gasteiger partial charge is 0.353 e. The predicted molar refractivity (Wildman–Crippen MR) is 125 cm³/mol. The number of nitrogens with one attached hydrogen (secondary N) is 1. The molecule has 3 rings (SSSR count). The molecule has 178 valence electrons. The summed E-state index contributed by atoms with van der Waals surface area (Å²) >= 11 is 0. The Labute approximate surface area is 192 Å². The Hall–Kier alpha value is -1.93. The standard InChI is InChI=1S/C24H37N3O4S/c1-4-27(5-2)32(30,31)22-16-19(14-13-18(22)3)24(29)26-15-9-10-20(17-26)23(28)25-21-11-7-6-8-12-21/h13-14,16,20-21H,4-12,15,17H2,1-3H3,(H,25,28). The van der Waals surface area contributed by atoms with Crippen molar-refractivity contribution in [2.45, 2.75) is 76.7 Å². The number of hydrogen-bond donors (Lipinski definition) is 1. The number of nitrogens with zero attached hydrogens (tertiary/aromatic N) is 2. The Morgan fingerprint density at radius 2 is 1.75 bits per heavy atom. The van der Waals surface area contributed by atoms with Gasteiger partial charge >= 0.3 is 0 Å². The lowest BCUT2D eigenvalue weighted by Gasteiger charge is -2.33. The second kappa shape index (κ2) is 10.8. The summed E-state index contributed by atoms with van der Waals surface area (Å²) in [7, 11) is -3.66. The van der Waals surface area contributed by atoms with Gasteiger partial charge in [0.2, 0.25) is 15.9 Å². The topological polar surface area (TPSA) is 86.8 Å². The molecule has 0 aromatic heterocycles. The van der Waals surface area contributed by atoms with E-state index in [4.69, 9.17) is 0 Å². The zero-order valence-corrected chi connectivity index (χ0v) is 20.4. The minimum atomic E-state index is -3.66. The number of rotatable bonds is 7. The molecule has 1 atom stereocenters. The molecule has 8 heteroatoms. The van der Waals surface area contributed by atoms with Crippen LogP contribution in [0.4, 0.5) is 0 Å². The van der Waals surface area contributed by atoms with Crippen LogP contribution in [0.5, 0.6) is 0 Å². The Kier molecular flexibility index (Phi) is 8.33. The minimum absolute atomic E-state index is 0.0445. The molecule has 1 aromatic carbocycles. The zero-order valence-electron chi connectivity index (χ0n) is 19.6. The highest BCUT2D eigenvalue weighted by Gasteiger charge is 2.31. The number of benzene rings is 1. The van der Waals surface area contributed by atoms with Crippen molar-refractivity contribution in [1.82, 2.24) is 14.5 Å². The van der Waals surface area contributed by atoms with Crippen LogP contribution in [0.25, 0.3) is 0 Å². The maximum absolute atomic E-state index is 13.2. The molecule has 0 radical (unpaired) electrons. The van der Waals surface area contributed by atoms with Gasteiger partial charge in [-0.05, 0) is 50.3 Å². The quantitative estimate of drug-likeness (QED) is 0.672. The van der Waals surface area contributed by atoms with E-state index in [-0.39, 0.29) is 28.7 Å². The van der Waals surface area contributed by atoms with Crippen molar-refractivity contribution in [3.8, 4) is 0 Å². The predicted octanol–water partition coefficient (Wildman–Crippen LogP) is 3.33. The van der Waals surface area contributed by atoms with Crippen LogP contribution in [0, 0.1) is 12.8 Å². The Balaban J connectivity index is 1.73. The van der Waals surface area contributed by atoms with Crippen LogP contribution in [0.1, 0.15) is 74.7 Å². The number of likely N-dealkylation sites (tertiary alicyclic amines) is 1. The van der Waals surface area contributed by atoms with Crippen molar-refractivity contribution < 1.29 is 18.0 Å². The maximum atomic E-state index is 13.2. The van der Waals surface area contributed by atoms with E-state index in [1.807, 2.05) is 0 Å². The van der Waals surface area contributed by atoms with Crippen LogP contribution in [0.3, 0.4) is 0 Å². The van der Waals surface area contributed by atoms with E-state index < -0.39 is 10.0 Å². The molecule has 2 aliphatic rings. The first kappa shape index (κ1) is 24.7. The van der Waals surface area contributed by atoms with Gasteiger partial charge in [-0.15, -0.1) is 0 Å². The lowest BCUT2D eigenvalue weighted by Crippen LogP contribution is -2.48. The Bertz CT molecular complexity index is 921. The lowest BCUT2D eigenvalue weighted by atomic mass is 9.92. The number of carbonyl (C=O) groups excluding carboxylic acids is 2. The zero-order chi connectivity index (χ0) is 23.3. The van der Waals surface area contributed by atoms with E-state index in [1.54, 1.807) is 37.8 Å². The van der Waals surface area contributed by atoms with Crippen molar-refractivity contribution in [2.24, 2.45) is 5.92 Å². The van der Waals surface area contributed by atoms with Gasteiger partial charge in [0, 0.05) is 37.8 Å². The molecule has 1 aromatic rings. The van der Waals surface area contributed by atoms with E-state index in [1.165, 1.54) is 16.8 Å². The molecule has 7 nitrogen and oxygen atoms in total. The van der Waals surface area contributed by atoms with E-state index >= 15 is 0 Å². The fraction of sp³-hybridized carbons (Fsp3) is 0.667. The van der Waals surface area contributed by atoms with Gasteiger partial charge in [-0.1, -0.05) is 39.2 Å². The number of sulfonamides is 1. The van der Waals surface area contributed by atoms with Crippen molar-refractivity contribution in [1.29, 1.82) is 0 Å². The number of piperidine rings is 1. The number of hydrogen-bond acceptors (Lipinski definition) is 4. The highest BCUT2D eigenvalue weighted by Crippen LogP contribution is 2.25. The first-order valence-corrected chi connectivity index (χ1v) is 13.4. The summed E-state index contributed by atoms with van der Waals surface area (Å²) in [6.45, 7) is 7.06. The summed E-state index contributed by atoms with van der Waals surface area (Å²) in [5.74, 6) is -0.377. The Morgan fingerprint density at radius 3 is 2.41 bits per heavy atom. The molecule has 2 fully saturated rings. The smallest absolute Gasteiger partial charge is 0.253 e. The monoisotopic (exact) mass is 463 g/mol. The molecule has 0 bridgehead atoms. The summed E-state index contributed by atoms with van der Waals surface area (Å²) in [5.41, 5.74) is 0.978. The summed E-state index contributed by atoms with van der Waals surface area (Å²) in [6.07, 6.45) is 7.17. The van der Waals surface area contributed by atoms with Crippen molar-refractivity contribution >= 4 is 21.8 Å². The molecular weight excluding hydrogens is 426 g/mol. The summed E-state index contributed by atoms with van der Waals surface area (Å²) in [6, 6.07) is 5.13. The van der Waals surface area contributed by atoms with Crippen LogP contribution >= 0.6 is 0 Å². The second-order valence-electron chi connectivity index (χ2n) is 9.00. The molecule has 1 unspecified atom stereocenters. The van der Waals surface area contributed by atoms with Gasteiger partial charge in [0.15, 0.2) is 0 Å². The highest BCUT2D eigenvalue weighted by molar-refractivity contribution is 7.89. The third-order valence-corrected chi connectivity index (χ3v) is 8.98. The maximum Gasteiger partial charge on any atom is 0.253 e. The van der Waals surface area contributed by atoms with E-state index in [0.717, 1.165) is 38.5 Å². The van der Waals surface area contributed by atoms with Crippen LogP contribution in [-0.2, 0) is 14.8 Å². The summed E-state index contributed by atoms with van der Waals surface area (Å²) in [5, 5.41) is 3.19. The van der Waals surface area contributed by atoms with Crippen molar-refractivity contribution in [3.05, 3.63) is 29.3 Å². The van der Waals surface area contributed by atoms with E-state index in [9.17, 15) is 18.0 Å². The van der Waals surface area contributed by atoms with Gasteiger partial charge in [0.05, 0.1) is 10.8 Å². The van der Waals surface area contributed by atoms with E-state index in [2.05, 4.69) is 5.32 Å². The van der Waals surface area contributed by atoms with Gasteiger partial charge in [-0.3, -0.25) is 9.59 Å². The molecule has 2 amide bonds. The van der Waals surface area contributed by atoms with Crippen LogP contribution in [0.15, 0.2) is 23.1 Å². The molecular formula is C24H37N3O4S. The first-order chi connectivity index (χ1) is 15.3. The number of amides is 2. The average Bonchev–Trinajstić information content (AvgIpc) is 2.80. The normalized spacial score (nSPS) is 20.4. The molecule has 1 aliphatic carbocycles. The molecule has 1 heterocycles. The highest BCUT2D eigenvalue weighted by atomic mass is 32.2. The Morgan fingerprint density at radius 1 is 1.06 bits per heavy atom. The fourth-order valence-electron chi connectivity index (χ4n) is 4.84. The third kappa shape index (κ3) is 5.52. The number of aryl methyl sites for hydroxylation is 1. The van der Waals surface area contributed by atoms with Crippen LogP contribution in [-0.4, -0.2) is 61.7 Å². The molecule has 0 spiro atoms. The molecule has 1 saturated heterocycles. The molecule has 1 aliphatic heterocycles. The fourth-order valence-corrected chi connectivity index (χ4v) is 6.55. The van der Waals surface area contributed by atoms with Crippen molar-refractivity contribution in [3.63, 3.8) is 0 Å². The van der Waals surface area contributed by atoms with Crippen LogP contribution < -0.4 is 5.32 Å². The second-order valence-corrected chi connectivity index (χ2v) is 10.9. The first-order valence-electron chi connectivity index (χ1n) is 12.0. The van der Waals surface area contributed by atoms with E-state index in [0.29, 0.717) is 37.3 Å². The molecule has 32 heavy (non-hydrogen) atoms. The van der Waals surface area contributed by atoms with Gasteiger partial charge in [0.1, 0.15) is 0 Å².